The van der Waals surface area contributed by atoms with E-state index in [0.717, 1.165) is 14.0 Å². The average Bonchev–Trinajstić information content (AvgIpc) is 1.96. The second kappa shape index (κ2) is 4.33. The smallest absolute Gasteiger partial charge is 0.307 e. The molecule has 0 radical (unpaired) electrons. The molecule has 0 saturated heterocycles. The van der Waals surface area contributed by atoms with E-state index in [0.29, 0.717) is 0 Å². The van der Waals surface area contributed by atoms with E-state index in [9.17, 15) is 18.0 Å². The van der Waals surface area contributed by atoms with Crippen molar-refractivity contribution in [3.63, 3.8) is 0 Å². The van der Waals surface area contributed by atoms with E-state index >= 15 is 0 Å². The first-order valence-corrected chi connectivity index (χ1v) is 4.83. The summed E-state index contributed by atoms with van der Waals surface area (Å²) in [5, 5.41) is -1.72. The van der Waals surface area contributed by atoms with E-state index in [1.807, 2.05) is 0 Å². The summed E-state index contributed by atoms with van der Waals surface area (Å²) in [7, 11) is -3.46. The highest BCUT2D eigenvalue weighted by atomic mass is 32.2. The molecule has 0 aliphatic carbocycles. The molecule has 0 heterocycles. The Bertz CT molecular complexity index is 303. The molecule has 1 unspecified atom stereocenters. The van der Waals surface area contributed by atoms with Crippen LogP contribution in [-0.2, 0) is 24.4 Å². The monoisotopic (exact) mass is 210 g/mol. The van der Waals surface area contributed by atoms with Gasteiger partial charge in [0.05, 0.1) is 13.5 Å². The number of carbonyl (C=O) groups is 2. The van der Waals surface area contributed by atoms with Crippen LogP contribution in [0.3, 0.4) is 0 Å². The highest BCUT2D eigenvalue weighted by Crippen LogP contribution is 2.06. The lowest BCUT2D eigenvalue weighted by Crippen LogP contribution is -2.30. The Hall–Kier alpha value is -0.950. The lowest BCUT2D eigenvalue weighted by atomic mass is 10.2. The summed E-state index contributed by atoms with van der Waals surface area (Å²) < 4.78 is 33.8. The van der Waals surface area contributed by atoms with Crippen LogP contribution in [-0.4, -0.2) is 37.1 Å². The molecule has 0 bridgehead atoms. The van der Waals surface area contributed by atoms with Crippen LogP contribution in [0.4, 0.5) is 0 Å². The minimum absolute atomic E-state index is 0.662. The molecule has 1 N–H and O–H groups in total. The van der Waals surface area contributed by atoms with E-state index in [1.54, 1.807) is 0 Å². The first kappa shape index (κ1) is 12.0. The van der Waals surface area contributed by atoms with Gasteiger partial charge in [0.2, 0.25) is 0 Å². The van der Waals surface area contributed by atoms with Crippen LogP contribution in [0.2, 0.25) is 0 Å². The number of ether oxygens (including phenoxy) is 1. The summed E-state index contributed by atoms with van der Waals surface area (Å²) in [6.45, 7) is 0.974. The summed E-state index contributed by atoms with van der Waals surface area (Å²) >= 11 is 0. The van der Waals surface area contributed by atoms with Gasteiger partial charge in [-0.3, -0.25) is 14.1 Å². The van der Waals surface area contributed by atoms with E-state index in [4.69, 9.17) is 4.55 Å². The molecular formula is C6H10O6S. The second-order valence-corrected chi connectivity index (χ2v) is 3.99. The Balaban J connectivity index is 4.66. The Morgan fingerprint density at radius 1 is 1.46 bits per heavy atom. The second-order valence-electron chi connectivity index (χ2n) is 2.39. The van der Waals surface area contributed by atoms with Gasteiger partial charge in [-0.25, -0.2) is 0 Å². The van der Waals surface area contributed by atoms with Gasteiger partial charge in [0.1, 0.15) is 0 Å². The summed E-state index contributed by atoms with van der Waals surface area (Å²) in [6, 6.07) is 0. The third kappa shape index (κ3) is 4.00. The molecule has 0 aromatic rings. The molecule has 0 rings (SSSR count). The zero-order valence-corrected chi connectivity index (χ0v) is 8.00. The molecule has 76 valence electrons. The van der Waals surface area contributed by atoms with Crippen LogP contribution in [0.25, 0.3) is 0 Å². The molecule has 0 saturated carbocycles. The standard InChI is InChI=1S/C6H10O6S/c1-4(7)5(13(9,10)11)3-6(8)12-2/h5H,3H2,1-2H3,(H,9,10,11). The molecule has 0 fully saturated rings. The fourth-order valence-corrected chi connectivity index (χ4v) is 1.46. The number of esters is 1. The molecule has 0 spiro atoms. The van der Waals surface area contributed by atoms with Crippen LogP contribution in [0.5, 0.6) is 0 Å². The molecule has 7 heteroatoms. The molecule has 6 nitrogen and oxygen atoms in total. The molecule has 1 atom stereocenters. The Morgan fingerprint density at radius 2 is 1.92 bits per heavy atom. The first-order chi connectivity index (χ1) is 5.79. The van der Waals surface area contributed by atoms with E-state index in [2.05, 4.69) is 4.74 Å². The highest BCUT2D eigenvalue weighted by Gasteiger charge is 2.30. The quantitative estimate of drug-likeness (QED) is 0.491. The summed E-state index contributed by atoms with van der Waals surface area (Å²) in [5.41, 5.74) is 0. The van der Waals surface area contributed by atoms with Crippen molar-refractivity contribution in [2.75, 3.05) is 7.11 Å². The topological polar surface area (TPSA) is 97.7 Å². The maximum atomic E-state index is 10.7. The van der Waals surface area contributed by atoms with Gasteiger partial charge in [0.25, 0.3) is 10.1 Å². The van der Waals surface area contributed by atoms with Gasteiger partial charge in [-0.2, -0.15) is 8.42 Å². The van der Waals surface area contributed by atoms with Crippen LogP contribution in [0.1, 0.15) is 13.3 Å². The fraction of sp³-hybridized carbons (Fsp3) is 0.667. The van der Waals surface area contributed by atoms with E-state index in [1.165, 1.54) is 0 Å². The molecule has 0 aliphatic heterocycles. The number of ketones is 1. The van der Waals surface area contributed by atoms with Crippen molar-refractivity contribution in [1.82, 2.24) is 0 Å². The largest absolute Gasteiger partial charge is 0.469 e. The number of hydrogen-bond acceptors (Lipinski definition) is 5. The van der Waals surface area contributed by atoms with Gasteiger partial charge in [0.15, 0.2) is 11.0 Å². The van der Waals surface area contributed by atoms with Crippen molar-refractivity contribution >= 4 is 21.9 Å². The van der Waals surface area contributed by atoms with Crippen molar-refractivity contribution < 1.29 is 27.3 Å². The Kier molecular flexibility index (Phi) is 4.02. The van der Waals surface area contributed by atoms with Gasteiger partial charge >= 0.3 is 5.97 Å². The lowest BCUT2D eigenvalue weighted by molar-refractivity contribution is -0.141. The zero-order valence-electron chi connectivity index (χ0n) is 7.18. The number of methoxy groups -OCH3 is 1. The average molecular weight is 210 g/mol. The molecule has 0 aromatic carbocycles. The van der Waals surface area contributed by atoms with Crippen LogP contribution in [0, 0.1) is 0 Å². The Morgan fingerprint density at radius 3 is 2.15 bits per heavy atom. The minimum Gasteiger partial charge on any atom is -0.469 e. The van der Waals surface area contributed by atoms with Gasteiger partial charge in [0, 0.05) is 0 Å². The molecular weight excluding hydrogens is 200 g/mol. The predicted octanol–water partition coefficient (Wildman–Crippen LogP) is -0.605. The zero-order chi connectivity index (χ0) is 10.6. The van der Waals surface area contributed by atoms with E-state index in [-0.39, 0.29) is 0 Å². The van der Waals surface area contributed by atoms with Crippen molar-refractivity contribution in [3.8, 4) is 0 Å². The van der Waals surface area contributed by atoms with Crippen LogP contribution < -0.4 is 0 Å². The molecule has 0 amide bonds. The summed E-state index contributed by atoms with van der Waals surface area (Å²) in [5.74, 6) is -1.66. The van der Waals surface area contributed by atoms with Gasteiger partial charge < -0.3 is 4.74 Å². The molecule has 0 aromatic heterocycles. The number of rotatable bonds is 4. The van der Waals surface area contributed by atoms with Gasteiger partial charge in [-0.15, -0.1) is 0 Å². The summed E-state index contributed by atoms with van der Waals surface area (Å²) in [6.07, 6.45) is -0.662. The fourth-order valence-electron chi connectivity index (χ4n) is 0.693. The van der Waals surface area contributed by atoms with Crippen molar-refractivity contribution in [2.45, 2.75) is 18.6 Å². The Labute approximate surface area is 75.6 Å². The predicted molar refractivity (Wildman–Crippen MR) is 42.7 cm³/mol. The van der Waals surface area contributed by atoms with E-state index < -0.39 is 33.5 Å². The third-order valence-corrected chi connectivity index (χ3v) is 2.61. The van der Waals surface area contributed by atoms with Crippen LogP contribution in [0.15, 0.2) is 0 Å². The number of Topliss-reactive ketones (excluding diaryl/α,β-unsaturated/α-hetero) is 1. The normalized spacial score (nSPS) is 13.5. The lowest BCUT2D eigenvalue weighted by Gasteiger charge is -2.07. The first-order valence-electron chi connectivity index (χ1n) is 3.32. The minimum atomic E-state index is -4.52. The maximum absolute atomic E-state index is 10.7. The molecule has 0 aliphatic rings. The van der Waals surface area contributed by atoms with Crippen molar-refractivity contribution in [2.24, 2.45) is 0 Å². The van der Waals surface area contributed by atoms with Gasteiger partial charge in [-0.1, -0.05) is 0 Å². The highest BCUT2D eigenvalue weighted by molar-refractivity contribution is 7.87. The SMILES string of the molecule is COC(=O)CC(C(C)=O)S(=O)(=O)O. The maximum Gasteiger partial charge on any atom is 0.307 e. The molecule has 13 heavy (non-hydrogen) atoms. The van der Waals surface area contributed by atoms with Crippen LogP contribution >= 0.6 is 0 Å². The van der Waals surface area contributed by atoms with Crippen molar-refractivity contribution in [1.29, 1.82) is 0 Å². The number of carbonyl (C=O) groups excluding carboxylic acids is 2. The number of hydrogen-bond donors (Lipinski definition) is 1. The summed E-state index contributed by atoms with van der Waals surface area (Å²) in [4.78, 5) is 21.3. The third-order valence-electron chi connectivity index (χ3n) is 1.39. The van der Waals surface area contributed by atoms with Crippen molar-refractivity contribution in [3.05, 3.63) is 0 Å². The van der Waals surface area contributed by atoms with Gasteiger partial charge in [-0.05, 0) is 6.92 Å².